The van der Waals surface area contributed by atoms with Crippen molar-refractivity contribution in [3.8, 4) is 0 Å². The van der Waals surface area contributed by atoms with E-state index in [9.17, 15) is 14.4 Å². The fraction of sp³-hybridized carbons (Fsp3) is 0.300. The first kappa shape index (κ1) is 17.6. The molecule has 1 saturated heterocycles. The molecule has 2 aromatic heterocycles. The summed E-state index contributed by atoms with van der Waals surface area (Å²) >= 11 is 1.49. The Hall–Kier alpha value is -2.80. The van der Waals surface area contributed by atoms with Crippen molar-refractivity contribution in [1.82, 2.24) is 9.55 Å². The third-order valence-electron chi connectivity index (χ3n) is 5.02. The molecule has 3 aromatic rings. The van der Waals surface area contributed by atoms with E-state index in [1.165, 1.54) is 22.2 Å². The number of ketones is 1. The molecular weight excluding hydrogens is 362 g/mol. The van der Waals surface area contributed by atoms with Crippen LogP contribution in [0.3, 0.4) is 0 Å². The van der Waals surface area contributed by atoms with Gasteiger partial charge in [-0.1, -0.05) is 12.1 Å². The van der Waals surface area contributed by atoms with Crippen molar-refractivity contribution < 1.29 is 9.59 Å². The maximum absolute atomic E-state index is 12.8. The molecular formula is C20H19N3O3S. The Kier molecular flexibility index (Phi) is 4.39. The number of Topliss-reactive ketones (excluding diaryl/α,β-unsaturated/α-hetero) is 1. The number of nitrogens with zero attached hydrogens (tertiary/aromatic N) is 3. The highest BCUT2D eigenvalue weighted by Gasteiger charge is 2.22. The maximum Gasteiger partial charge on any atom is 0.262 e. The van der Waals surface area contributed by atoms with Gasteiger partial charge in [0, 0.05) is 29.1 Å². The van der Waals surface area contributed by atoms with E-state index in [2.05, 4.69) is 4.98 Å². The molecule has 138 valence electrons. The minimum Gasteiger partial charge on any atom is -0.312 e. The lowest BCUT2D eigenvalue weighted by Gasteiger charge is -2.16. The van der Waals surface area contributed by atoms with Crippen molar-refractivity contribution in [1.29, 1.82) is 0 Å². The van der Waals surface area contributed by atoms with Gasteiger partial charge < -0.3 is 4.90 Å². The molecule has 6 nitrogen and oxygen atoms in total. The summed E-state index contributed by atoms with van der Waals surface area (Å²) in [5, 5.41) is 0.587. The van der Waals surface area contributed by atoms with E-state index in [0.717, 1.165) is 22.5 Å². The number of benzene rings is 1. The van der Waals surface area contributed by atoms with Crippen LogP contribution in [0, 0.1) is 13.8 Å². The molecule has 0 N–H and O–H groups in total. The summed E-state index contributed by atoms with van der Waals surface area (Å²) < 4.78 is 1.36. The number of aromatic nitrogens is 2. The van der Waals surface area contributed by atoms with Crippen LogP contribution in [0.15, 0.2) is 35.4 Å². The van der Waals surface area contributed by atoms with Gasteiger partial charge in [0.1, 0.15) is 4.83 Å². The second kappa shape index (κ2) is 6.74. The molecule has 4 rings (SSSR count). The van der Waals surface area contributed by atoms with Crippen LogP contribution in [0.25, 0.3) is 10.2 Å². The zero-order valence-corrected chi connectivity index (χ0v) is 16.0. The summed E-state index contributed by atoms with van der Waals surface area (Å²) in [6.45, 7) is 4.46. The van der Waals surface area contributed by atoms with Gasteiger partial charge in [-0.05, 0) is 38.0 Å². The first-order chi connectivity index (χ1) is 13.0. The van der Waals surface area contributed by atoms with E-state index in [0.29, 0.717) is 28.7 Å². The molecule has 1 aliphatic rings. The van der Waals surface area contributed by atoms with Gasteiger partial charge in [-0.25, -0.2) is 4.98 Å². The summed E-state index contributed by atoms with van der Waals surface area (Å²) in [5.74, 6) is -0.106. The normalized spacial score (nSPS) is 14.3. The zero-order chi connectivity index (χ0) is 19.1. The van der Waals surface area contributed by atoms with Gasteiger partial charge in [0.25, 0.3) is 5.56 Å². The van der Waals surface area contributed by atoms with Crippen molar-refractivity contribution in [3.63, 3.8) is 0 Å². The standard InChI is InChI=1S/C20H19N3O3S/c1-12-13(2)27-19-18(12)20(26)22(11-21-19)10-16(24)14-5-3-6-15(9-14)23-8-4-7-17(23)25/h3,5-6,9,11H,4,7-8,10H2,1-2H3. The first-order valence-electron chi connectivity index (χ1n) is 8.84. The second-order valence-corrected chi connectivity index (χ2v) is 7.97. The van der Waals surface area contributed by atoms with Gasteiger partial charge in [0.15, 0.2) is 5.78 Å². The largest absolute Gasteiger partial charge is 0.312 e. The van der Waals surface area contributed by atoms with Crippen molar-refractivity contribution in [2.75, 3.05) is 11.4 Å². The number of hydrogen-bond donors (Lipinski definition) is 0. The SMILES string of the molecule is Cc1sc2ncn(CC(=O)c3cccc(N4CCCC4=O)c3)c(=O)c2c1C. The van der Waals surface area contributed by atoms with E-state index in [1.807, 2.05) is 19.9 Å². The average molecular weight is 381 g/mol. The number of carbonyl (C=O) groups is 2. The van der Waals surface area contributed by atoms with Crippen LogP contribution in [-0.4, -0.2) is 27.8 Å². The summed E-state index contributed by atoms with van der Waals surface area (Å²) in [6.07, 6.45) is 2.81. The number of carbonyl (C=O) groups excluding carboxylic acids is 2. The topological polar surface area (TPSA) is 72.3 Å². The predicted molar refractivity (Wildman–Crippen MR) is 106 cm³/mol. The molecule has 0 unspecified atom stereocenters. The number of anilines is 1. The minimum atomic E-state index is -0.193. The van der Waals surface area contributed by atoms with Crippen molar-refractivity contribution >= 4 is 38.9 Å². The third kappa shape index (κ3) is 3.08. The molecule has 1 amide bonds. The molecule has 7 heteroatoms. The van der Waals surface area contributed by atoms with Crippen LogP contribution >= 0.6 is 11.3 Å². The fourth-order valence-electron chi connectivity index (χ4n) is 3.40. The van der Waals surface area contributed by atoms with E-state index >= 15 is 0 Å². The van der Waals surface area contributed by atoms with Crippen LogP contribution in [0.2, 0.25) is 0 Å². The molecule has 3 heterocycles. The van der Waals surface area contributed by atoms with Crippen molar-refractivity contribution in [3.05, 3.63) is 57.0 Å². The molecule has 0 radical (unpaired) electrons. The molecule has 0 saturated carbocycles. The van der Waals surface area contributed by atoms with Crippen LogP contribution in [-0.2, 0) is 11.3 Å². The van der Waals surface area contributed by atoms with Gasteiger partial charge in [-0.3, -0.25) is 19.0 Å². The first-order valence-corrected chi connectivity index (χ1v) is 9.66. The van der Waals surface area contributed by atoms with E-state index in [-0.39, 0.29) is 23.8 Å². The highest BCUT2D eigenvalue weighted by molar-refractivity contribution is 7.18. The Labute approximate surface area is 160 Å². The van der Waals surface area contributed by atoms with Crippen LogP contribution < -0.4 is 10.5 Å². The Balaban J connectivity index is 1.64. The maximum atomic E-state index is 12.8. The van der Waals surface area contributed by atoms with Crippen LogP contribution in [0.4, 0.5) is 5.69 Å². The molecule has 0 bridgehead atoms. The van der Waals surface area contributed by atoms with Gasteiger partial charge in [-0.15, -0.1) is 11.3 Å². The van der Waals surface area contributed by atoms with Crippen molar-refractivity contribution in [2.45, 2.75) is 33.2 Å². The van der Waals surface area contributed by atoms with Gasteiger partial charge in [0.2, 0.25) is 5.91 Å². The Bertz CT molecular complexity index is 1130. The summed E-state index contributed by atoms with van der Waals surface area (Å²) in [7, 11) is 0. The number of hydrogen-bond acceptors (Lipinski definition) is 5. The summed E-state index contributed by atoms with van der Waals surface area (Å²) in [6, 6.07) is 7.04. The summed E-state index contributed by atoms with van der Waals surface area (Å²) in [5.41, 5.74) is 1.94. The molecule has 0 spiro atoms. The molecule has 0 aliphatic carbocycles. The molecule has 1 aromatic carbocycles. The predicted octanol–water partition coefficient (Wildman–Crippen LogP) is 3.08. The van der Waals surface area contributed by atoms with Gasteiger partial charge >= 0.3 is 0 Å². The molecule has 0 atom stereocenters. The van der Waals surface area contributed by atoms with Crippen molar-refractivity contribution in [2.24, 2.45) is 0 Å². The average Bonchev–Trinajstić information content (AvgIpc) is 3.21. The Morgan fingerprint density at radius 3 is 2.81 bits per heavy atom. The summed E-state index contributed by atoms with van der Waals surface area (Å²) in [4.78, 5) is 45.3. The highest BCUT2D eigenvalue weighted by Crippen LogP contribution is 2.26. The number of amides is 1. The van der Waals surface area contributed by atoms with E-state index in [1.54, 1.807) is 23.1 Å². The fourth-order valence-corrected chi connectivity index (χ4v) is 4.38. The van der Waals surface area contributed by atoms with Gasteiger partial charge in [-0.2, -0.15) is 0 Å². The lowest BCUT2D eigenvalue weighted by Crippen LogP contribution is -2.25. The smallest absolute Gasteiger partial charge is 0.262 e. The number of thiophene rings is 1. The number of rotatable bonds is 4. The highest BCUT2D eigenvalue weighted by atomic mass is 32.1. The Morgan fingerprint density at radius 1 is 1.26 bits per heavy atom. The van der Waals surface area contributed by atoms with E-state index < -0.39 is 0 Å². The zero-order valence-electron chi connectivity index (χ0n) is 15.2. The monoisotopic (exact) mass is 381 g/mol. The lowest BCUT2D eigenvalue weighted by atomic mass is 10.1. The Morgan fingerprint density at radius 2 is 2.07 bits per heavy atom. The number of fused-ring (bicyclic) bond motifs is 1. The third-order valence-corrected chi connectivity index (χ3v) is 6.14. The number of aryl methyl sites for hydroxylation is 2. The molecule has 1 fully saturated rings. The van der Waals surface area contributed by atoms with E-state index in [4.69, 9.17) is 0 Å². The molecule has 1 aliphatic heterocycles. The van der Waals surface area contributed by atoms with Gasteiger partial charge in [0.05, 0.1) is 18.3 Å². The minimum absolute atomic E-state index is 0.0759. The van der Waals surface area contributed by atoms with Crippen LogP contribution in [0.5, 0.6) is 0 Å². The quantitative estimate of drug-likeness (QED) is 0.651. The van der Waals surface area contributed by atoms with Crippen LogP contribution in [0.1, 0.15) is 33.6 Å². The second-order valence-electron chi connectivity index (χ2n) is 6.76. The molecule has 27 heavy (non-hydrogen) atoms. The lowest BCUT2D eigenvalue weighted by molar-refractivity contribution is -0.117.